The van der Waals surface area contributed by atoms with Gasteiger partial charge in [0.1, 0.15) is 11.8 Å². The predicted octanol–water partition coefficient (Wildman–Crippen LogP) is 3.16. The number of anilines is 2. The third-order valence-electron chi connectivity index (χ3n) is 2.21. The molecule has 4 nitrogen and oxygen atoms in total. The Morgan fingerprint density at radius 3 is 2.94 bits per heavy atom. The normalized spacial score (nSPS) is 9.71. The topological polar surface area (TPSA) is 61.6 Å². The summed E-state index contributed by atoms with van der Waals surface area (Å²) in [7, 11) is 0. The fourth-order valence-corrected chi connectivity index (χ4v) is 1.71. The van der Waals surface area contributed by atoms with Crippen molar-refractivity contribution in [1.29, 1.82) is 5.26 Å². The van der Waals surface area contributed by atoms with Gasteiger partial charge in [-0.15, -0.1) is 0 Å². The van der Waals surface area contributed by atoms with Crippen LogP contribution in [0, 0.1) is 18.3 Å². The summed E-state index contributed by atoms with van der Waals surface area (Å²) in [6.45, 7) is 2.00. The van der Waals surface area contributed by atoms with Crippen LogP contribution < -0.4 is 5.32 Å². The molecule has 0 fully saturated rings. The summed E-state index contributed by atoms with van der Waals surface area (Å²) in [6.07, 6.45) is 1.55. The lowest BCUT2D eigenvalue weighted by atomic mass is 10.2. The number of rotatable bonds is 2. The second-order valence-electron chi connectivity index (χ2n) is 3.44. The molecular weight excluding hydrogens is 280 g/mol. The van der Waals surface area contributed by atoms with Crippen LogP contribution in [-0.4, -0.2) is 9.97 Å². The number of aryl methyl sites for hydroxylation is 1. The van der Waals surface area contributed by atoms with Crippen molar-refractivity contribution in [3.05, 3.63) is 46.2 Å². The summed E-state index contributed by atoms with van der Waals surface area (Å²) >= 11 is 3.49. The monoisotopic (exact) mass is 288 g/mol. The zero-order chi connectivity index (χ0) is 12.3. The van der Waals surface area contributed by atoms with Crippen molar-refractivity contribution in [3.8, 4) is 6.07 Å². The van der Waals surface area contributed by atoms with Gasteiger partial charge < -0.3 is 5.32 Å². The molecule has 1 N–H and O–H groups in total. The Morgan fingerprint density at radius 1 is 1.35 bits per heavy atom. The van der Waals surface area contributed by atoms with Crippen LogP contribution in [0.1, 0.15) is 11.3 Å². The molecule has 84 valence electrons. The molecule has 0 amide bonds. The van der Waals surface area contributed by atoms with Crippen molar-refractivity contribution >= 4 is 27.6 Å². The van der Waals surface area contributed by atoms with Gasteiger partial charge in [0.25, 0.3) is 0 Å². The largest absolute Gasteiger partial charge is 0.323 e. The van der Waals surface area contributed by atoms with Gasteiger partial charge in [-0.25, -0.2) is 9.97 Å². The van der Waals surface area contributed by atoms with Gasteiger partial charge in [-0.3, -0.25) is 0 Å². The summed E-state index contributed by atoms with van der Waals surface area (Å²) in [6, 6.07) is 9.40. The number of aromatic nitrogens is 2. The Morgan fingerprint density at radius 2 is 2.18 bits per heavy atom. The number of nitriles is 1. The molecule has 0 aliphatic rings. The summed E-state index contributed by atoms with van der Waals surface area (Å²) in [5.41, 5.74) is 2.33. The second-order valence-corrected chi connectivity index (χ2v) is 4.23. The number of nitrogens with one attached hydrogen (secondary N) is 1. The molecule has 0 spiro atoms. The van der Waals surface area contributed by atoms with Crippen molar-refractivity contribution < 1.29 is 0 Å². The maximum atomic E-state index is 8.75. The highest BCUT2D eigenvalue weighted by Crippen LogP contribution is 2.27. The lowest BCUT2D eigenvalue weighted by Gasteiger charge is -2.08. The zero-order valence-electron chi connectivity index (χ0n) is 9.11. The molecule has 2 aromatic rings. The van der Waals surface area contributed by atoms with E-state index in [0.717, 1.165) is 15.7 Å². The first-order chi connectivity index (χ1) is 8.20. The molecule has 5 heteroatoms. The molecule has 2 rings (SSSR count). The number of hydrogen-bond donors (Lipinski definition) is 1. The molecule has 1 aromatic carbocycles. The van der Waals surface area contributed by atoms with E-state index >= 15 is 0 Å². The first-order valence-corrected chi connectivity index (χ1v) is 5.75. The molecule has 0 bridgehead atoms. The third-order valence-corrected chi connectivity index (χ3v) is 3.26. The first kappa shape index (κ1) is 11.6. The molecule has 0 saturated carbocycles. The van der Waals surface area contributed by atoms with E-state index in [1.54, 1.807) is 12.3 Å². The number of hydrogen-bond acceptors (Lipinski definition) is 4. The van der Waals surface area contributed by atoms with Crippen LogP contribution in [0.3, 0.4) is 0 Å². The minimum Gasteiger partial charge on any atom is -0.323 e. The van der Waals surface area contributed by atoms with E-state index in [1.807, 2.05) is 31.2 Å². The Kier molecular flexibility index (Phi) is 3.35. The molecule has 0 saturated heterocycles. The van der Waals surface area contributed by atoms with Gasteiger partial charge in [0.05, 0.1) is 5.69 Å². The SMILES string of the molecule is Cc1cccc(Nc2nccc(C#N)n2)c1Br. The Hall–Kier alpha value is -1.93. The smallest absolute Gasteiger partial charge is 0.228 e. The van der Waals surface area contributed by atoms with Gasteiger partial charge >= 0.3 is 0 Å². The van der Waals surface area contributed by atoms with Crippen LogP contribution in [0.25, 0.3) is 0 Å². The molecule has 0 radical (unpaired) electrons. The zero-order valence-corrected chi connectivity index (χ0v) is 10.7. The van der Waals surface area contributed by atoms with Gasteiger partial charge in [-0.1, -0.05) is 12.1 Å². The van der Waals surface area contributed by atoms with Crippen LogP contribution in [0.5, 0.6) is 0 Å². The Labute approximate surface area is 107 Å². The van der Waals surface area contributed by atoms with E-state index in [-0.39, 0.29) is 0 Å². The predicted molar refractivity (Wildman–Crippen MR) is 68.9 cm³/mol. The standard InChI is InChI=1S/C12H9BrN4/c1-8-3-2-4-10(11(8)13)17-12-15-6-5-9(7-14)16-12/h2-6H,1H3,(H,15,16,17). The van der Waals surface area contributed by atoms with Crippen LogP contribution >= 0.6 is 15.9 Å². The first-order valence-electron chi connectivity index (χ1n) is 4.96. The minimum atomic E-state index is 0.339. The van der Waals surface area contributed by atoms with Gasteiger partial charge in [-0.05, 0) is 40.5 Å². The summed E-state index contributed by atoms with van der Waals surface area (Å²) in [4.78, 5) is 8.11. The number of benzene rings is 1. The van der Waals surface area contributed by atoms with Gasteiger partial charge in [0.15, 0.2) is 0 Å². The highest BCUT2D eigenvalue weighted by Gasteiger charge is 2.04. The number of nitrogens with zero attached hydrogens (tertiary/aromatic N) is 3. The minimum absolute atomic E-state index is 0.339. The van der Waals surface area contributed by atoms with E-state index in [1.165, 1.54) is 0 Å². The van der Waals surface area contributed by atoms with Crippen molar-refractivity contribution in [1.82, 2.24) is 9.97 Å². The van der Waals surface area contributed by atoms with Gasteiger partial charge in [0, 0.05) is 10.7 Å². The lowest BCUT2D eigenvalue weighted by Crippen LogP contribution is -1.99. The average molecular weight is 289 g/mol. The molecule has 0 aliphatic carbocycles. The maximum Gasteiger partial charge on any atom is 0.228 e. The summed E-state index contributed by atoms with van der Waals surface area (Å²) in [5, 5.41) is 11.8. The Bertz CT molecular complexity index is 589. The van der Waals surface area contributed by atoms with Gasteiger partial charge in [-0.2, -0.15) is 5.26 Å². The molecule has 0 unspecified atom stereocenters. The fraction of sp³-hybridized carbons (Fsp3) is 0.0833. The van der Waals surface area contributed by atoms with Crippen molar-refractivity contribution in [3.63, 3.8) is 0 Å². The highest BCUT2D eigenvalue weighted by atomic mass is 79.9. The maximum absolute atomic E-state index is 8.75. The van der Waals surface area contributed by atoms with Crippen molar-refractivity contribution in [2.75, 3.05) is 5.32 Å². The molecule has 17 heavy (non-hydrogen) atoms. The van der Waals surface area contributed by atoms with Crippen LogP contribution in [0.15, 0.2) is 34.9 Å². The second kappa shape index (κ2) is 4.93. The van der Waals surface area contributed by atoms with Crippen LogP contribution in [-0.2, 0) is 0 Å². The highest BCUT2D eigenvalue weighted by molar-refractivity contribution is 9.10. The molecule has 0 atom stereocenters. The summed E-state index contributed by atoms with van der Waals surface area (Å²) < 4.78 is 0.964. The number of halogens is 1. The fourth-order valence-electron chi connectivity index (χ4n) is 1.35. The third kappa shape index (κ3) is 2.60. The van der Waals surface area contributed by atoms with E-state index in [0.29, 0.717) is 11.6 Å². The molecule has 1 aromatic heterocycles. The van der Waals surface area contributed by atoms with E-state index in [4.69, 9.17) is 5.26 Å². The van der Waals surface area contributed by atoms with Crippen molar-refractivity contribution in [2.45, 2.75) is 6.92 Å². The average Bonchev–Trinajstić information content (AvgIpc) is 2.35. The van der Waals surface area contributed by atoms with Crippen LogP contribution in [0.2, 0.25) is 0 Å². The summed E-state index contributed by atoms with van der Waals surface area (Å²) in [5.74, 6) is 0.412. The quantitative estimate of drug-likeness (QED) is 0.922. The van der Waals surface area contributed by atoms with E-state index in [9.17, 15) is 0 Å². The van der Waals surface area contributed by atoms with E-state index in [2.05, 4.69) is 31.2 Å². The van der Waals surface area contributed by atoms with E-state index < -0.39 is 0 Å². The van der Waals surface area contributed by atoms with Crippen molar-refractivity contribution in [2.24, 2.45) is 0 Å². The molecule has 1 heterocycles. The Balaban J connectivity index is 2.32. The lowest BCUT2D eigenvalue weighted by molar-refractivity contribution is 1.14. The van der Waals surface area contributed by atoms with Gasteiger partial charge in [0.2, 0.25) is 5.95 Å². The molecular formula is C12H9BrN4. The molecule has 0 aliphatic heterocycles. The van der Waals surface area contributed by atoms with Crippen LogP contribution in [0.4, 0.5) is 11.6 Å².